The maximum absolute atomic E-state index is 10.4. The highest BCUT2D eigenvalue weighted by Crippen LogP contribution is 2.09. The van der Waals surface area contributed by atoms with Crippen LogP contribution in [0, 0.1) is 0 Å². The first kappa shape index (κ1) is 13.0. The molecule has 0 unspecified atom stereocenters. The quantitative estimate of drug-likeness (QED) is 0.700. The molecule has 16 heavy (non-hydrogen) atoms. The Labute approximate surface area is 99.7 Å². The molecule has 0 radical (unpaired) electrons. The molecule has 0 bridgehead atoms. The number of primary amides is 1. The molecule has 1 aromatic carbocycles. The molecule has 1 rings (SSSR count). The third-order valence-electron chi connectivity index (χ3n) is 1.89. The van der Waals surface area contributed by atoms with Gasteiger partial charge in [-0.15, -0.1) is 0 Å². The standard InChI is InChI=1S/C11H15ClN2O2/c12-10-3-1-2-9(6-10)7-14-4-5-16-8-11(13)15/h1-3,6,14H,4-5,7-8H2,(H2,13,15). The van der Waals surface area contributed by atoms with E-state index in [0.29, 0.717) is 13.2 Å². The number of carbonyl (C=O) groups excluding carboxylic acids is 1. The van der Waals surface area contributed by atoms with Gasteiger partial charge < -0.3 is 15.8 Å². The predicted octanol–water partition coefficient (Wildman–Crippen LogP) is 0.932. The summed E-state index contributed by atoms with van der Waals surface area (Å²) in [5.74, 6) is -0.449. The summed E-state index contributed by atoms with van der Waals surface area (Å²) in [6, 6.07) is 7.63. The van der Waals surface area contributed by atoms with Gasteiger partial charge in [0.25, 0.3) is 0 Å². The van der Waals surface area contributed by atoms with Crippen LogP contribution >= 0.6 is 11.6 Å². The second kappa shape index (κ2) is 7.22. The van der Waals surface area contributed by atoms with Gasteiger partial charge in [0.1, 0.15) is 6.61 Å². The molecule has 0 spiro atoms. The summed E-state index contributed by atoms with van der Waals surface area (Å²) in [4.78, 5) is 10.4. The van der Waals surface area contributed by atoms with Gasteiger partial charge in [0.15, 0.2) is 0 Å². The molecule has 1 aromatic rings. The number of amides is 1. The van der Waals surface area contributed by atoms with Gasteiger partial charge in [-0.3, -0.25) is 4.79 Å². The van der Waals surface area contributed by atoms with Gasteiger partial charge >= 0.3 is 0 Å². The van der Waals surface area contributed by atoms with Crippen molar-refractivity contribution in [3.8, 4) is 0 Å². The van der Waals surface area contributed by atoms with Crippen molar-refractivity contribution in [1.29, 1.82) is 0 Å². The Kier molecular flexibility index (Phi) is 5.85. The first-order valence-corrected chi connectivity index (χ1v) is 5.37. The minimum Gasteiger partial charge on any atom is -0.370 e. The number of halogens is 1. The summed E-state index contributed by atoms with van der Waals surface area (Å²) in [6.07, 6.45) is 0. The molecule has 3 N–H and O–H groups in total. The number of rotatable bonds is 7. The van der Waals surface area contributed by atoms with E-state index in [0.717, 1.165) is 17.1 Å². The van der Waals surface area contributed by atoms with E-state index >= 15 is 0 Å². The average Bonchev–Trinajstić information content (AvgIpc) is 2.23. The lowest BCUT2D eigenvalue weighted by Gasteiger charge is -2.05. The van der Waals surface area contributed by atoms with Gasteiger partial charge in [0, 0.05) is 18.1 Å². The van der Waals surface area contributed by atoms with E-state index < -0.39 is 5.91 Å². The topological polar surface area (TPSA) is 64.4 Å². The Morgan fingerprint density at radius 1 is 1.50 bits per heavy atom. The highest BCUT2D eigenvalue weighted by atomic mass is 35.5. The van der Waals surface area contributed by atoms with Crippen LogP contribution in [0.4, 0.5) is 0 Å². The molecule has 4 nitrogen and oxygen atoms in total. The van der Waals surface area contributed by atoms with Crippen molar-refractivity contribution >= 4 is 17.5 Å². The average molecular weight is 243 g/mol. The first-order valence-electron chi connectivity index (χ1n) is 4.99. The fourth-order valence-corrected chi connectivity index (χ4v) is 1.41. The Morgan fingerprint density at radius 3 is 3.00 bits per heavy atom. The van der Waals surface area contributed by atoms with Crippen LogP contribution in [0.3, 0.4) is 0 Å². The highest BCUT2D eigenvalue weighted by molar-refractivity contribution is 6.30. The minimum absolute atomic E-state index is 0.0289. The fourth-order valence-electron chi connectivity index (χ4n) is 1.20. The number of hydrogen-bond acceptors (Lipinski definition) is 3. The summed E-state index contributed by atoms with van der Waals surface area (Å²) in [5, 5.41) is 3.89. The molecule has 0 saturated heterocycles. The van der Waals surface area contributed by atoms with Crippen molar-refractivity contribution in [2.75, 3.05) is 19.8 Å². The van der Waals surface area contributed by atoms with Crippen LogP contribution < -0.4 is 11.1 Å². The van der Waals surface area contributed by atoms with Crippen LogP contribution in [0.15, 0.2) is 24.3 Å². The normalized spacial score (nSPS) is 10.3. The van der Waals surface area contributed by atoms with Gasteiger partial charge in [0.05, 0.1) is 6.61 Å². The SMILES string of the molecule is NC(=O)COCCNCc1cccc(Cl)c1. The van der Waals surface area contributed by atoms with E-state index in [1.165, 1.54) is 0 Å². The summed E-state index contributed by atoms with van der Waals surface area (Å²) in [6.45, 7) is 1.82. The van der Waals surface area contributed by atoms with E-state index in [4.69, 9.17) is 22.1 Å². The van der Waals surface area contributed by atoms with Crippen molar-refractivity contribution in [2.24, 2.45) is 5.73 Å². The molecule has 0 aliphatic rings. The lowest BCUT2D eigenvalue weighted by molar-refractivity contribution is -0.122. The van der Waals surface area contributed by atoms with Crippen molar-refractivity contribution in [3.05, 3.63) is 34.9 Å². The van der Waals surface area contributed by atoms with E-state index in [1.54, 1.807) is 0 Å². The molecule has 0 saturated carbocycles. The third-order valence-corrected chi connectivity index (χ3v) is 2.12. The molecule has 0 aromatic heterocycles. The maximum Gasteiger partial charge on any atom is 0.243 e. The Morgan fingerprint density at radius 2 is 2.31 bits per heavy atom. The monoisotopic (exact) mass is 242 g/mol. The first-order chi connectivity index (χ1) is 7.68. The summed E-state index contributed by atoms with van der Waals surface area (Å²) < 4.78 is 4.99. The Bertz CT molecular complexity index is 345. The molecule has 88 valence electrons. The second-order valence-electron chi connectivity index (χ2n) is 3.33. The van der Waals surface area contributed by atoms with Crippen LogP contribution in [0.5, 0.6) is 0 Å². The number of ether oxygens (including phenoxy) is 1. The highest BCUT2D eigenvalue weighted by Gasteiger charge is 1.95. The molecular formula is C11H15ClN2O2. The summed E-state index contributed by atoms with van der Waals surface area (Å²) in [5.41, 5.74) is 6.03. The van der Waals surface area contributed by atoms with E-state index in [9.17, 15) is 4.79 Å². The van der Waals surface area contributed by atoms with Crippen LogP contribution in [0.2, 0.25) is 5.02 Å². The van der Waals surface area contributed by atoms with E-state index in [2.05, 4.69) is 5.32 Å². The molecule has 0 heterocycles. The number of nitrogens with two attached hydrogens (primary N) is 1. The molecule has 0 aliphatic carbocycles. The van der Waals surface area contributed by atoms with Crippen molar-refractivity contribution in [1.82, 2.24) is 5.32 Å². The zero-order valence-corrected chi connectivity index (χ0v) is 9.67. The largest absolute Gasteiger partial charge is 0.370 e. The lowest BCUT2D eigenvalue weighted by Crippen LogP contribution is -2.23. The summed E-state index contributed by atoms with van der Waals surface area (Å²) in [7, 11) is 0. The molecule has 0 atom stereocenters. The Balaban J connectivity index is 2.09. The molecular weight excluding hydrogens is 228 g/mol. The number of benzene rings is 1. The third kappa shape index (κ3) is 5.70. The van der Waals surface area contributed by atoms with Gasteiger partial charge in [0.2, 0.25) is 5.91 Å². The van der Waals surface area contributed by atoms with Crippen LogP contribution in [-0.4, -0.2) is 25.7 Å². The smallest absolute Gasteiger partial charge is 0.243 e. The number of nitrogens with one attached hydrogen (secondary N) is 1. The van der Waals surface area contributed by atoms with Crippen LogP contribution in [-0.2, 0) is 16.1 Å². The van der Waals surface area contributed by atoms with E-state index in [-0.39, 0.29) is 6.61 Å². The van der Waals surface area contributed by atoms with Gasteiger partial charge in [-0.25, -0.2) is 0 Å². The maximum atomic E-state index is 10.4. The van der Waals surface area contributed by atoms with Crippen LogP contribution in [0.1, 0.15) is 5.56 Å². The molecule has 5 heteroatoms. The Hall–Kier alpha value is -1.10. The lowest BCUT2D eigenvalue weighted by atomic mass is 10.2. The van der Waals surface area contributed by atoms with Crippen molar-refractivity contribution in [3.63, 3.8) is 0 Å². The fraction of sp³-hybridized carbons (Fsp3) is 0.364. The molecule has 0 fully saturated rings. The molecule has 0 aliphatic heterocycles. The van der Waals surface area contributed by atoms with E-state index in [1.807, 2.05) is 24.3 Å². The zero-order chi connectivity index (χ0) is 11.8. The number of hydrogen-bond donors (Lipinski definition) is 2. The van der Waals surface area contributed by atoms with Gasteiger partial charge in [-0.1, -0.05) is 23.7 Å². The van der Waals surface area contributed by atoms with Crippen LogP contribution in [0.25, 0.3) is 0 Å². The predicted molar refractivity (Wildman–Crippen MR) is 63.2 cm³/mol. The van der Waals surface area contributed by atoms with Gasteiger partial charge in [-0.2, -0.15) is 0 Å². The van der Waals surface area contributed by atoms with Crippen molar-refractivity contribution < 1.29 is 9.53 Å². The number of carbonyl (C=O) groups is 1. The van der Waals surface area contributed by atoms with Gasteiger partial charge in [-0.05, 0) is 17.7 Å². The zero-order valence-electron chi connectivity index (χ0n) is 8.91. The minimum atomic E-state index is -0.449. The van der Waals surface area contributed by atoms with Crippen molar-refractivity contribution in [2.45, 2.75) is 6.54 Å². The molecule has 1 amide bonds. The second-order valence-corrected chi connectivity index (χ2v) is 3.76. The summed E-state index contributed by atoms with van der Waals surface area (Å²) >= 11 is 5.84.